The van der Waals surface area contributed by atoms with E-state index in [0.29, 0.717) is 34.2 Å². The van der Waals surface area contributed by atoms with Gasteiger partial charge in [0.05, 0.1) is 37.6 Å². The molecule has 0 fully saturated rings. The number of sulfonamides is 1. The van der Waals surface area contributed by atoms with Gasteiger partial charge in [0.1, 0.15) is 12.3 Å². The Morgan fingerprint density at radius 3 is 2.05 bits per heavy atom. The highest BCUT2D eigenvalue weighted by Crippen LogP contribution is 2.28. The number of benzene rings is 3. The number of nitrogens with zero attached hydrogens (tertiary/aromatic N) is 2. The van der Waals surface area contributed by atoms with E-state index in [-0.39, 0.29) is 16.5 Å². The van der Waals surface area contributed by atoms with Gasteiger partial charge in [0.2, 0.25) is 5.91 Å². The van der Waals surface area contributed by atoms with Crippen LogP contribution in [0.25, 0.3) is 0 Å². The van der Waals surface area contributed by atoms with Crippen molar-refractivity contribution in [1.82, 2.24) is 5.43 Å². The zero-order valence-corrected chi connectivity index (χ0v) is 23.0. The molecule has 0 atom stereocenters. The smallest absolute Gasteiger partial charge is 0.264 e. The highest BCUT2D eigenvalue weighted by atomic mass is 32.2. The quantitative estimate of drug-likeness (QED) is 0.274. The van der Waals surface area contributed by atoms with Gasteiger partial charge in [-0.25, -0.2) is 13.8 Å². The lowest BCUT2D eigenvalue weighted by molar-refractivity contribution is -0.119. The van der Waals surface area contributed by atoms with E-state index in [0.717, 1.165) is 4.31 Å². The Bertz CT molecular complexity index is 1450. The van der Waals surface area contributed by atoms with Crippen LogP contribution in [-0.4, -0.2) is 53.8 Å². The number of carbonyl (C=O) groups is 2. The van der Waals surface area contributed by atoms with Crippen LogP contribution >= 0.6 is 0 Å². The minimum absolute atomic E-state index is 0.0646. The molecule has 0 saturated heterocycles. The molecule has 2 amide bonds. The summed E-state index contributed by atoms with van der Waals surface area (Å²) in [6.07, 6.45) is 0. The van der Waals surface area contributed by atoms with E-state index in [2.05, 4.69) is 15.8 Å². The number of nitrogens with one attached hydrogen (secondary N) is 2. The number of rotatable bonds is 11. The molecule has 0 bridgehead atoms. The van der Waals surface area contributed by atoms with Crippen LogP contribution in [0.5, 0.6) is 17.2 Å². The second kappa shape index (κ2) is 12.8. The monoisotopic (exact) mass is 554 g/mol. The van der Waals surface area contributed by atoms with Crippen molar-refractivity contribution >= 4 is 38.9 Å². The second-order valence-corrected chi connectivity index (χ2v) is 10.1. The molecule has 0 heterocycles. The lowest BCUT2D eigenvalue weighted by Crippen LogP contribution is -2.39. The number of amides is 2. The van der Waals surface area contributed by atoms with Gasteiger partial charge < -0.3 is 19.5 Å². The molecule has 39 heavy (non-hydrogen) atoms. The van der Waals surface area contributed by atoms with Crippen molar-refractivity contribution in [3.8, 4) is 17.2 Å². The molecule has 0 spiro atoms. The van der Waals surface area contributed by atoms with Gasteiger partial charge in [-0.3, -0.25) is 13.9 Å². The SMILES string of the molecule is COc1ccc(N(CC(=O)N/N=C(/C)c2ccc(OC)c(OC)c2)S(=O)(=O)c2ccc(NC(C)=O)cc2)cc1. The summed E-state index contributed by atoms with van der Waals surface area (Å²) in [5.41, 5.74) is 4.25. The fourth-order valence-electron chi connectivity index (χ4n) is 3.54. The molecule has 0 aliphatic rings. The van der Waals surface area contributed by atoms with E-state index in [1.807, 2.05) is 0 Å². The largest absolute Gasteiger partial charge is 0.497 e. The maximum Gasteiger partial charge on any atom is 0.264 e. The van der Waals surface area contributed by atoms with Crippen LogP contribution in [0.15, 0.2) is 76.7 Å². The Labute approximate surface area is 227 Å². The molecule has 11 nitrogen and oxygen atoms in total. The van der Waals surface area contributed by atoms with Gasteiger partial charge in [0.15, 0.2) is 11.5 Å². The lowest BCUT2D eigenvalue weighted by Gasteiger charge is -2.24. The first-order valence-electron chi connectivity index (χ1n) is 11.7. The number of hydrazone groups is 1. The fourth-order valence-corrected chi connectivity index (χ4v) is 4.96. The minimum Gasteiger partial charge on any atom is -0.497 e. The van der Waals surface area contributed by atoms with Gasteiger partial charge >= 0.3 is 0 Å². The standard InChI is InChI=1S/C27H30N4O7S/c1-18(20-6-15-25(37-4)26(16-20)38-5)29-30-27(33)17-31(22-9-11-23(36-3)12-10-22)39(34,35)24-13-7-21(8-14-24)28-19(2)32/h6-16H,17H2,1-5H3,(H,28,32)(H,30,33)/b29-18-. The molecular formula is C27H30N4O7S. The molecular weight excluding hydrogens is 524 g/mol. The van der Waals surface area contributed by atoms with E-state index in [1.165, 1.54) is 64.7 Å². The van der Waals surface area contributed by atoms with E-state index >= 15 is 0 Å². The van der Waals surface area contributed by atoms with Crippen LogP contribution in [0.4, 0.5) is 11.4 Å². The molecule has 2 N–H and O–H groups in total. The number of anilines is 2. The molecule has 206 valence electrons. The van der Waals surface area contributed by atoms with Crippen molar-refractivity contribution in [2.45, 2.75) is 18.7 Å². The number of hydrogen-bond acceptors (Lipinski definition) is 8. The third kappa shape index (κ3) is 7.26. The average molecular weight is 555 g/mol. The Morgan fingerprint density at radius 2 is 1.49 bits per heavy atom. The maximum atomic E-state index is 13.6. The molecule has 0 aromatic heterocycles. The molecule has 0 unspecified atom stereocenters. The Kier molecular flexibility index (Phi) is 9.50. The molecule has 0 aliphatic carbocycles. The summed E-state index contributed by atoms with van der Waals surface area (Å²) in [5, 5.41) is 6.72. The van der Waals surface area contributed by atoms with Gasteiger partial charge in [-0.05, 0) is 73.7 Å². The van der Waals surface area contributed by atoms with Crippen LogP contribution in [0, 0.1) is 0 Å². The summed E-state index contributed by atoms with van der Waals surface area (Å²) in [6.45, 7) is 2.49. The molecule has 0 radical (unpaired) electrons. The molecule has 0 aliphatic heterocycles. The van der Waals surface area contributed by atoms with E-state index in [1.54, 1.807) is 37.3 Å². The fraction of sp³-hybridized carbons (Fsp3) is 0.222. The summed E-state index contributed by atoms with van der Waals surface area (Å²) < 4.78 is 43.9. The Hall–Kier alpha value is -4.58. The number of methoxy groups -OCH3 is 3. The van der Waals surface area contributed by atoms with E-state index in [9.17, 15) is 18.0 Å². The predicted molar refractivity (Wildman–Crippen MR) is 148 cm³/mol. The van der Waals surface area contributed by atoms with Crippen molar-refractivity contribution in [3.63, 3.8) is 0 Å². The predicted octanol–water partition coefficient (Wildman–Crippen LogP) is 3.41. The second-order valence-electron chi connectivity index (χ2n) is 8.22. The zero-order chi connectivity index (χ0) is 28.6. The van der Waals surface area contributed by atoms with Gasteiger partial charge in [0.25, 0.3) is 15.9 Å². The van der Waals surface area contributed by atoms with Gasteiger partial charge in [-0.1, -0.05) is 0 Å². The molecule has 3 rings (SSSR count). The molecule has 3 aromatic carbocycles. The normalized spacial score (nSPS) is 11.4. The van der Waals surface area contributed by atoms with Crippen molar-refractivity contribution in [3.05, 3.63) is 72.3 Å². The number of carbonyl (C=O) groups excluding carboxylic acids is 2. The van der Waals surface area contributed by atoms with Crippen LogP contribution in [0.3, 0.4) is 0 Å². The molecule has 12 heteroatoms. The third-order valence-electron chi connectivity index (χ3n) is 5.56. The summed E-state index contributed by atoms with van der Waals surface area (Å²) in [5.74, 6) is 0.617. The zero-order valence-electron chi connectivity index (χ0n) is 22.2. The lowest BCUT2D eigenvalue weighted by atomic mass is 10.1. The minimum atomic E-state index is -4.18. The first-order valence-corrected chi connectivity index (χ1v) is 13.1. The topological polar surface area (TPSA) is 136 Å². The van der Waals surface area contributed by atoms with Crippen LogP contribution in [0.1, 0.15) is 19.4 Å². The van der Waals surface area contributed by atoms with Crippen molar-refractivity contribution in [2.75, 3.05) is 37.5 Å². The van der Waals surface area contributed by atoms with Crippen molar-refractivity contribution in [1.29, 1.82) is 0 Å². The Morgan fingerprint density at radius 1 is 0.846 bits per heavy atom. The maximum absolute atomic E-state index is 13.6. The first-order chi connectivity index (χ1) is 18.6. The summed E-state index contributed by atoms with van der Waals surface area (Å²) in [4.78, 5) is 24.2. The number of hydrogen-bond donors (Lipinski definition) is 2. The van der Waals surface area contributed by atoms with Gasteiger partial charge in [-0.15, -0.1) is 0 Å². The van der Waals surface area contributed by atoms with E-state index in [4.69, 9.17) is 14.2 Å². The summed E-state index contributed by atoms with van der Waals surface area (Å²) in [7, 11) is 0.349. The van der Waals surface area contributed by atoms with Crippen LogP contribution in [0.2, 0.25) is 0 Å². The van der Waals surface area contributed by atoms with Crippen LogP contribution < -0.4 is 29.3 Å². The Balaban J connectivity index is 1.87. The highest BCUT2D eigenvalue weighted by molar-refractivity contribution is 7.92. The van der Waals surface area contributed by atoms with Crippen molar-refractivity contribution in [2.24, 2.45) is 5.10 Å². The third-order valence-corrected chi connectivity index (χ3v) is 7.35. The summed E-state index contributed by atoms with van der Waals surface area (Å²) >= 11 is 0. The van der Waals surface area contributed by atoms with Gasteiger partial charge in [-0.2, -0.15) is 5.10 Å². The van der Waals surface area contributed by atoms with Gasteiger partial charge in [0, 0.05) is 18.2 Å². The highest BCUT2D eigenvalue weighted by Gasteiger charge is 2.27. The first kappa shape index (κ1) is 29.0. The summed E-state index contributed by atoms with van der Waals surface area (Å²) in [6, 6.07) is 17.1. The molecule has 0 saturated carbocycles. The number of ether oxygens (including phenoxy) is 3. The molecule has 3 aromatic rings. The van der Waals surface area contributed by atoms with Crippen molar-refractivity contribution < 1.29 is 32.2 Å². The average Bonchev–Trinajstić information content (AvgIpc) is 2.94. The van der Waals surface area contributed by atoms with E-state index < -0.39 is 22.5 Å². The van der Waals surface area contributed by atoms with Crippen LogP contribution in [-0.2, 0) is 19.6 Å².